The third kappa shape index (κ3) is 4.16. The lowest BCUT2D eigenvalue weighted by Crippen LogP contribution is -2.38. The molecule has 0 spiro atoms. The van der Waals surface area contributed by atoms with Crippen LogP contribution in [0.5, 0.6) is 0 Å². The minimum absolute atomic E-state index is 0.125. The molecule has 4 rings (SSSR count). The second kappa shape index (κ2) is 7.94. The Morgan fingerprint density at radius 2 is 1.52 bits per heavy atom. The van der Waals surface area contributed by atoms with Crippen molar-refractivity contribution in [1.29, 1.82) is 0 Å². The Bertz CT molecular complexity index is 891. The predicted octanol–water partition coefficient (Wildman–Crippen LogP) is 2.70. The van der Waals surface area contributed by atoms with Gasteiger partial charge in [-0.05, 0) is 53.6 Å². The smallest absolute Gasteiger partial charge is 0.348 e. The Hall–Kier alpha value is -2.75. The first kappa shape index (κ1) is 19.6. The molecule has 4 nitrogen and oxygen atoms in total. The van der Waals surface area contributed by atoms with Gasteiger partial charge in [-0.15, -0.1) is 0 Å². The molecule has 0 amide bonds. The van der Waals surface area contributed by atoms with Crippen LogP contribution in [0, 0.1) is 35.3 Å². The Morgan fingerprint density at radius 1 is 1.00 bits per heavy atom. The largest absolute Gasteiger partial charge is 0.450 e. The van der Waals surface area contributed by atoms with Crippen LogP contribution in [0.15, 0.2) is 48.5 Å². The van der Waals surface area contributed by atoms with Gasteiger partial charge >= 0.3 is 5.97 Å². The van der Waals surface area contributed by atoms with Gasteiger partial charge in [0.25, 0.3) is 0 Å². The number of benzene rings is 2. The second-order valence-corrected chi connectivity index (χ2v) is 7.60. The van der Waals surface area contributed by atoms with E-state index in [0.717, 1.165) is 49.2 Å². The van der Waals surface area contributed by atoms with Crippen LogP contribution in [0.1, 0.15) is 17.5 Å². The summed E-state index contributed by atoms with van der Waals surface area (Å²) >= 11 is 0. The van der Waals surface area contributed by atoms with Crippen LogP contribution < -0.4 is 0 Å². The molecule has 2 aliphatic rings. The van der Waals surface area contributed by atoms with E-state index in [-0.39, 0.29) is 17.7 Å². The van der Waals surface area contributed by atoms with Crippen molar-refractivity contribution in [3.8, 4) is 11.8 Å². The fourth-order valence-corrected chi connectivity index (χ4v) is 3.83. The van der Waals surface area contributed by atoms with Crippen LogP contribution in [0.2, 0.25) is 0 Å². The Morgan fingerprint density at radius 3 is 2.03 bits per heavy atom. The van der Waals surface area contributed by atoms with Gasteiger partial charge < -0.3 is 9.84 Å². The summed E-state index contributed by atoms with van der Waals surface area (Å²) in [7, 11) is 0. The highest BCUT2D eigenvalue weighted by Gasteiger charge is 2.44. The van der Waals surface area contributed by atoms with Gasteiger partial charge in [0.2, 0.25) is 5.60 Å². The number of carbonyl (C=O) groups excluding carboxylic acids is 1. The minimum Gasteiger partial charge on any atom is -0.450 e. The van der Waals surface area contributed by atoms with Crippen LogP contribution in [0.25, 0.3) is 0 Å². The van der Waals surface area contributed by atoms with Gasteiger partial charge in [-0.25, -0.2) is 13.6 Å². The van der Waals surface area contributed by atoms with Gasteiger partial charge in [0.05, 0.1) is 6.54 Å². The van der Waals surface area contributed by atoms with E-state index in [4.69, 9.17) is 4.74 Å². The van der Waals surface area contributed by atoms with Crippen molar-refractivity contribution in [3.63, 3.8) is 0 Å². The zero-order valence-electron chi connectivity index (χ0n) is 15.8. The van der Waals surface area contributed by atoms with Crippen molar-refractivity contribution < 1.29 is 23.4 Å². The molecule has 1 saturated heterocycles. The summed E-state index contributed by atoms with van der Waals surface area (Å²) in [6, 6.07) is 9.73. The fourth-order valence-electron chi connectivity index (χ4n) is 3.83. The number of hydrogen-bond donors (Lipinski definition) is 1. The zero-order chi connectivity index (χ0) is 20.4. The van der Waals surface area contributed by atoms with Crippen LogP contribution in [0.4, 0.5) is 8.78 Å². The number of halogens is 2. The van der Waals surface area contributed by atoms with Gasteiger partial charge in [0.15, 0.2) is 6.61 Å². The number of nitrogens with zero attached hydrogens (tertiary/aromatic N) is 1. The monoisotopic (exact) mass is 397 g/mol. The molecule has 2 aromatic rings. The molecule has 1 aliphatic carbocycles. The Balaban J connectivity index is 1.46. The maximum Gasteiger partial charge on any atom is 0.348 e. The topological polar surface area (TPSA) is 49.8 Å². The second-order valence-electron chi connectivity index (χ2n) is 7.60. The standard InChI is InChI=1S/C23H21F2NO3/c24-20-7-3-18(4-8-20)23(28,19-5-9-21(25)10-6-19)22(27)29-12-2-1-11-26-14-16-13-17(16)15-26/h3-10,16-17,28H,11-15H2/t16-,17+. The molecular formula is C23H21F2NO3. The molecule has 1 N–H and O–H groups in total. The summed E-state index contributed by atoms with van der Waals surface area (Å²) in [5.74, 6) is 5.48. The number of hydrogen-bond acceptors (Lipinski definition) is 4. The number of esters is 1. The van der Waals surface area contributed by atoms with Crippen molar-refractivity contribution in [2.45, 2.75) is 12.0 Å². The number of fused-ring (bicyclic) bond motifs is 1. The Kier molecular flexibility index (Phi) is 5.35. The molecule has 0 unspecified atom stereocenters. The molecule has 6 heteroatoms. The average Bonchev–Trinajstić information content (AvgIpc) is 3.33. The van der Waals surface area contributed by atoms with Crippen molar-refractivity contribution in [3.05, 3.63) is 71.3 Å². The highest BCUT2D eigenvalue weighted by atomic mass is 19.1. The van der Waals surface area contributed by atoms with E-state index in [1.807, 2.05) is 0 Å². The van der Waals surface area contributed by atoms with Gasteiger partial charge in [-0.2, -0.15) is 0 Å². The van der Waals surface area contributed by atoms with Gasteiger partial charge in [-0.3, -0.25) is 4.90 Å². The molecule has 29 heavy (non-hydrogen) atoms. The lowest BCUT2D eigenvalue weighted by molar-refractivity contribution is -0.160. The molecule has 2 aromatic carbocycles. The van der Waals surface area contributed by atoms with E-state index in [1.165, 1.54) is 30.7 Å². The molecule has 0 aromatic heterocycles. The number of carbonyl (C=O) groups is 1. The van der Waals surface area contributed by atoms with E-state index >= 15 is 0 Å². The van der Waals surface area contributed by atoms with Crippen molar-refractivity contribution in [2.24, 2.45) is 11.8 Å². The highest BCUT2D eigenvalue weighted by molar-refractivity contribution is 5.85. The van der Waals surface area contributed by atoms with E-state index in [1.54, 1.807) is 0 Å². The number of piperidine rings is 1. The number of aliphatic hydroxyl groups is 1. The Labute approximate surface area is 168 Å². The third-order valence-electron chi connectivity index (χ3n) is 5.58. The molecule has 1 saturated carbocycles. The quantitative estimate of drug-likeness (QED) is 0.623. The maximum absolute atomic E-state index is 13.3. The SMILES string of the molecule is O=C(OCC#CCN1C[C@H]2C[C@H]2C1)C(O)(c1ccc(F)cc1)c1ccc(F)cc1. The third-order valence-corrected chi connectivity index (χ3v) is 5.58. The van der Waals surface area contributed by atoms with Crippen molar-refractivity contribution in [1.82, 2.24) is 4.90 Å². The van der Waals surface area contributed by atoms with Crippen LogP contribution in [0.3, 0.4) is 0 Å². The van der Waals surface area contributed by atoms with Crippen molar-refractivity contribution >= 4 is 5.97 Å². The lowest BCUT2D eigenvalue weighted by Gasteiger charge is -2.26. The van der Waals surface area contributed by atoms with Gasteiger partial charge in [-0.1, -0.05) is 36.1 Å². The molecule has 1 aliphatic heterocycles. The van der Waals surface area contributed by atoms with Crippen molar-refractivity contribution in [2.75, 3.05) is 26.2 Å². The summed E-state index contributed by atoms with van der Waals surface area (Å²) < 4.78 is 31.8. The number of likely N-dealkylation sites (tertiary alicyclic amines) is 1. The predicted molar refractivity (Wildman–Crippen MR) is 103 cm³/mol. The van der Waals surface area contributed by atoms with E-state index in [0.29, 0.717) is 6.54 Å². The molecular weight excluding hydrogens is 376 g/mol. The highest BCUT2D eigenvalue weighted by Crippen LogP contribution is 2.44. The van der Waals surface area contributed by atoms with Crippen LogP contribution in [-0.4, -0.2) is 42.2 Å². The normalized spacial score (nSPS) is 20.5. The molecule has 1 heterocycles. The van der Waals surface area contributed by atoms with Gasteiger partial charge in [0, 0.05) is 13.1 Å². The first-order valence-corrected chi connectivity index (χ1v) is 9.56. The molecule has 0 radical (unpaired) electrons. The summed E-state index contributed by atoms with van der Waals surface area (Å²) in [6.07, 6.45) is 1.33. The molecule has 0 bridgehead atoms. The lowest BCUT2D eigenvalue weighted by atomic mass is 9.86. The first-order valence-electron chi connectivity index (χ1n) is 9.56. The van der Waals surface area contributed by atoms with Crippen LogP contribution in [-0.2, 0) is 15.1 Å². The molecule has 2 fully saturated rings. The number of ether oxygens (including phenoxy) is 1. The average molecular weight is 397 g/mol. The maximum atomic E-state index is 13.3. The fraction of sp³-hybridized carbons (Fsp3) is 0.348. The summed E-state index contributed by atoms with van der Waals surface area (Å²) in [4.78, 5) is 15.0. The van der Waals surface area contributed by atoms with Gasteiger partial charge in [0.1, 0.15) is 11.6 Å². The summed E-state index contributed by atoms with van der Waals surface area (Å²) in [5, 5.41) is 11.2. The molecule has 2 atom stereocenters. The van der Waals surface area contributed by atoms with E-state index < -0.39 is 23.2 Å². The van der Waals surface area contributed by atoms with E-state index in [9.17, 15) is 18.7 Å². The summed E-state index contributed by atoms with van der Waals surface area (Å²) in [6.45, 7) is 2.61. The first-order chi connectivity index (χ1) is 14.0. The molecule has 150 valence electrons. The van der Waals surface area contributed by atoms with E-state index in [2.05, 4.69) is 16.7 Å². The van der Waals surface area contributed by atoms with Crippen LogP contribution >= 0.6 is 0 Å². The summed E-state index contributed by atoms with van der Waals surface area (Å²) in [5.41, 5.74) is -1.95. The number of rotatable bonds is 5. The zero-order valence-corrected chi connectivity index (χ0v) is 15.8. The minimum atomic E-state index is -2.20.